The van der Waals surface area contributed by atoms with Gasteiger partial charge in [-0.25, -0.2) is 0 Å². The molecule has 0 unspecified atom stereocenters. The number of hydrogen-bond acceptors (Lipinski definition) is 2. The molecular weight excluding hydrogens is 174 g/mol. The molecule has 2 nitrogen and oxygen atoms in total. The van der Waals surface area contributed by atoms with E-state index in [1.807, 2.05) is 0 Å². The van der Waals surface area contributed by atoms with Crippen LogP contribution in [0, 0.1) is 17.3 Å². The summed E-state index contributed by atoms with van der Waals surface area (Å²) in [7, 11) is 2.16. The normalized spacial score (nSPS) is 30.6. The van der Waals surface area contributed by atoms with Gasteiger partial charge in [0.05, 0.1) is 0 Å². The summed E-state index contributed by atoms with van der Waals surface area (Å²) in [6, 6.07) is 0. The molecule has 84 valence electrons. The second-order valence-corrected chi connectivity index (χ2v) is 6.14. The van der Waals surface area contributed by atoms with Gasteiger partial charge in [-0.05, 0) is 37.1 Å². The van der Waals surface area contributed by atoms with Crippen LogP contribution in [0.1, 0.15) is 33.6 Å². The van der Waals surface area contributed by atoms with Crippen LogP contribution in [0.25, 0.3) is 0 Å². The SMILES string of the molecule is CN1C[C@H](CO)C[C@@H](CC(C)(C)C)C1. The summed E-state index contributed by atoms with van der Waals surface area (Å²) in [4.78, 5) is 2.36. The van der Waals surface area contributed by atoms with Gasteiger partial charge in [0, 0.05) is 19.7 Å². The molecule has 0 aromatic rings. The number of nitrogens with zero attached hydrogens (tertiary/aromatic N) is 1. The number of piperidine rings is 1. The van der Waals surface area contributed by atoms with Crippen LogP contribution < -0.4 is 0 Å². The predicted molar refractivity (Wildman–Crippen MR) is 60.3 cm³/mol. The highest BCUT2D eigenvalue weighted by molar-refractivity contribution is 4.80. The first-order valence-corrected chi connectivity index (χ1v) is 5.70. The quantitative estimate of drug-likeness (QED) is 0.735. The van der Waals surface area contributed by atoms with Gasteiger partial charge in [0.25, 0.3) is 0 Å². The van der Waals surface area contributed by atoms with Crippen molar-refractivity contribution in [3.63, 3.8) is 0 Å². The van der Waals surface area contributed by atoms with Gasteiger partial charge in [-0.1, -0.05) is 20.8 Å². The van der Waals surface area contributed by atoms with E-state index in [1.54, 1.807) is 0 Å². The molecule has 1 aliphatic rings. The molecule has 1 fully saturated rings. The second kappa shape index (κ2) is 4.63. The van der Waals surface area contributed by atoms with E-state index in [1.165, 1.54) is 19.4 Å². The molecule has 1 heterocycles. The summed E-state index contributed by atoms with van der Waals surface area (Å²) in [6.45, 7) is 9.52. The molecule has 1 saturated heterocycles. The van der Waals surface area contributed by atoms with Gasteiger partial charge in [0.2, 0.25) is 0 Å². The average Bonchev–Trinajstić information content (AvgIpc) is 1.99. The number of likely N-dealkylation sites (tertiary alicyclic amines) is 1. The molecular formula is C12H25NO. The Balaban J connectivity index is 2.45. The van der Waals surface area contributed by atoms with Crippen molar-refractivity contribution in [1.82, 2.24) is 4.90 Å². The predicted octanol–water partition coefficient (Wildman–Crippen LogP) is 1.98. The van der Waals surface area contributed by atoms with Crippen LogP contribution in [-0.2, 0) is 0 Å². The second-order valence-electron chi connectivity index (χ2n) is 6.14. The fourth-order valence-electron chi connectivity index (χ4n) is 2.72. The van der Waals surface area contributed by atoms with E-state index < -0.39 is 0 Å². The molecule has 1 rings (SSSR count). The van der Waals surface area contributed by atoms with Gasteiger partial charge in [-0.15, -0.1) is 0 Å². The topological polar surface area (TPSA) is 23.5 Å². The van der Waals surface area contributed by atoms with Crippen LogP contribution in [0.3, 0.4) is 0 Å². The van der Waals surface area contributed by atoms with Crippen molar-refractivity contribution in [3.05, 3.63) is 0 Å². The summed E-state index contributed by atoms with van der Waals surface area (Å²) < 4.78 is 0. The lowest BCUT2D eigenvalue weighted by Gasteiger charge is -2.37. The lowest BCUT2D eigenvalue weighted by molar-refractivity contribution is 0.0831. The Hall–Kier alpha value is -0.0800. The first-order valence-electron chi connectivity index (χ1n) is 5.70. The van der Waals surface area contributed by atoms with Gasteiger partial charge in [0.1, 0.15) is 0 Å². The minimum Gasteiger partial charge on any atom is -0.396 e. The molecule has 14 heavy (non-hydrogen) atoms. The fourth-order valence-corrected chi connectivity index (χ4v) is 2.72. The average molecular weight is 199 g/mol. The molecule has 2 atom stereocenters. The van der Waals surface area contributed by atoms with Gasteiger partial charge >= 0.3 is 0 Å². The molecule has 0 aliphatic carbocycles. The first kappa shape index (κ1) is 12.0. The summed E-state index contributed by atoms with van der Waals surface area (Å²) in [5.74, 6) is 1.27. The number of rotatable bonds is 2. The zero-order chi connectivity index (χ0) is 10.8. The van der Waals surface area contributed by atoms with Crippen molar-refractivity contribution in [2.24, 2.45) is 17.3 Å². The van der Waals surface area contributed by atoms with Crippen LogP contribution in [0.4, 0.5) is 0 Å². The fraction of sp³-hybridized carbons (Fsp3) is 1.00. The molecule has 0 bridgehead atoms. The molecule has 2 heteroatoms. The van der Waals surface area contributed by atoms with E-state index in [-0.39, 0.29) is 0 Å². The van der Waals surface area contributed by atoms with E-state index in [0.29, 0.717) is 17.9 Å². The van der Waals surface area contributed by atoms with Crippen LogP contribution in [0.2, 0.25) is 0 Å². The number of hydrogen-bond donors (Lipinski definition) is 1. The Bertz CT molecular complexity index is 174. The molecule has 0 spiro atoms. The zero-order valence-electron chi connectivity index (χ0n) is 10.1. The minimum atomic E-state index is 0.352. The van der Waals surface area contributed by atoms with Gasteiger partial charge in [0.15, 0.2) is 0 Å². The van der Waals surface area contributed by atoms with Crippen molar-refractivity contribution >= 4 is 0 Å². The highest BCUT2D eigenvalue weighted by Gasteiger charge is 2.27. The van der Waals surface area contributed by atoms with E-state index >= 15 is 0 Å². The summed E-state index contributed by atoms with van der Waals surface area (Å²) >= 11 is 0. The zero-order valence-corrected chi connectivity index (χ0v) is 10.1. The Kier molecular flexibility index (Phi) is 3.96. The van der Waals surface area contributed by atoms with E-state index in [9.17, 15) is 5.11 Å². The van der Waals surface area contributed by atoms with Crippen LogP contribution in [0.5, 0.6) is 0 Å². The standard InChI is InChI=1S/C12H25NO/c1-12(2,3)6-10-5-11(9-14)8-13(4)7-10/h10-11,14H,5-9H2,1-4H3/t10-,11+/m0/s1. The monoisotopic (exact) mass is 199 g/mol. The Morgan fingerprint density at radius 2 is 1.79 bits per heavy atom. The molecule has 1 N–H and O–H groups in total. The van der Waals surface area contributed by atoms with E-state index in [2.05, 4.69) is 32.7 Å². The Labute approximate surface area is 88.3 Å². The van der Waals surface area contributed by atoms with Crippen molar-refractivity contribution in [3.8, 4) is 0 Å². The number of aliphatic hydroxyl groups is 1. The van der Waals surface area contributed by atoms with E-state index in [0.717, 1.165) is 12.5 Å². The molecule has 0 amide bonds. The highest BCUT2D eigenvalue weighted by atomic mass is 16.3. The maximum atomic E-state index is 9.20. The van der Waals surface area contributed by atoms with Crippen LogP contribution >= 0.6 is 0 Å². The third kappa shape index (κ3) is 3.97. The number of aliphatic hydroxyl groups excluding tert-OH is 1. The van der Waals surface area contributed by atoms with Crippen molar-refractivity contribution in [2.45, 2.75) is 33.6 Å². The van der Waals surface area contributed by atoms with Crippen LogP contribution in [0.15, 0.2) is 0 Å². The molecule has 0 saturated carbocycles. The molecule has 0 radical (unpaired) electrons. The lowest BCUT2D eigenvalue weighted by atomic mass is 9.78. The van der Waals surface area contributed by atoms with E-state index in [4.69, 9.17) is 0 Å². The molecule has 0 aromatic heterocycles. The van der Waals surface area contributed by atoms with Gasteiger partial charge < -0.3 is 10.0 Å². The van der Waals surface area contributed by atoms with Crippen molar-refractivity contribution < 1.29 is 5.11 Å². The van der Waals surface area contributed by atoms with Crippen molar-refractivity contribution in [1.29, 1.82) is 0 Å². The maximum absolute atomic E-state index is 9.20. The maximum Gasteiger partial charge on any atom is 0.0471 e. The highest BCUT2D eigenvalue weighted by Crippen LogP contribution is 2.31. The Morgan fingerprint density at radius 3 is 2.29 bits per heavy atom. The summed E-state index contributed by atoms with van der Waals surface area (Å²) in [6.07, 6.45) is 2.48. The largest absolute Gasteiger partial charge is 0.396 e. The molecule has 1 aliphatic heterocycles. The molecule has 0 aromatic carbocycles. The van der Waals surface area contributed by atoms with Crippen molar-refractivity contribution in [2.75, 3.05) is 26.7 Å². The first-order chi connectivity index (χ1) is 6.40. The third-order valence-electron chi connectivity index (χ3n) is 2.97. The van der Waals surface area contributed by atoms with Gasteiger partial charge in [-0.3, -0.25) is 0 Å². The van der Waals surface area contributed by atoms with Crippen LogP contribution in [-0.4, -0.2) is 36.8 Å². The third-order valence-corrected chi connectivity index (χ3v) is 2.97. The smallest absolute Gasteiger partial charge is 0.0471 e. The minimum absolute atomic E-state index is 0.352. The Morgan fingerprint density at radius 1 is 1.21 bits per heavy atom. The lowest BCUT2D eigenvalue weighted by Crippen LogP contribution is -2.40. The van der Waals surface area contributed by atoms with Gasteiger partial charge in [-0.2, -0.15) is 0 Å². The summed E-state index contributed by atoms with van der Waals surface area (Å²) in [5.41, 5.74) is 0.419. The summed E-state index contributed by atoms with van der Waals surface area (Å²) in [5, 5.41) is 9.20.